The lowest BCUT2D eigenvalue weighted by Gasteiger charge is -2.23. The van der Waals surface area contributed by atoms with E-state index in [1.165, 1.54) is 0 Å². The molecule has 0 radical (unpaired) electrons. The highest BCUT2D eigenvalue weighted by Crippen LogP contribution is 2.14. The summed E-state index contributed by atoms with van der Waals surface area (Å²) in [5.41, 5.74) is 6.55. The average molecular weight is 251 g/mol. The summed E-state index contributed by atoms with van der Waals surface area (Å²) in [5, 5.41) is 10.8. The third-order valence-electron chi connectivity index (χ3n) is 2.47. The van der Waals surface area contributed by atoms with Gasteiger partial charge in [-0.3, -0.25) is 4.79 Å². The van der Waals surface area contributed by atoms with E-state index in [0.29, 0.717) is 18.9 Å². The van der Waals surface area contributed by atoms with Crippen LogP contribution in [0.1, 0.15) is 26.3 Å². The van der Waals surface area contributed by atoms with Gasteiger partial charge in [-0.1, -0.05) is 0 Å². The molecule has 1 heterocycles. The number of carbonyl (C=O) groups is 1. The van der Waals surface area contributed by atoms with E-state index < -0.39 is 0 Å². The van der Waals surface area contributed by atoms with E-state index in [9.17, 15) is 4.79 Å². The van der Waals surface area contributed by atoms with Crippen molar-refractivity contribution in [2.75, 3.05) is 18.0 Å². The molecule has 0 aliphatic rings. The standard InChI is InChI=1S/C12H21N5O/c1-4-17(8-11(18)15-9(2)3)12-10(7-13)5-6-14-16-12/h5-6,9H,4,7-8,13H2,1-3H3,(H,15,18). The Kier molecular flexibility index (Phi) is 5.51. The van der Waals surface area contributed by atoms with Crippen LogP contribution in [0.3, 0.4) is 0 Å². The molecule has 0 saturated carbocycles. The Bertz CT molecular complexity index is 394. The summed E-state index contributed by atoms with van der Waals surface area (Å²) in [5.74, 6) is 0.655. The van der Waals surface area contributed by atoms with Gasteiger partial charge in [-0.25, -0.2) is 0 Å². The van der Waals surface area contributed by atoms with Crippen molar-refractivity contribution in [3.8, 4) is 0 Å². The van der Waals surface area contributed by atoms with Crippen molar-refractivity contribution in [3.63, 3.8) is 0 Å². The maximum absolute atomic E-state index is 11.8. The molecule has 0 atom stereocenters. The zero-order valence-corrected chi connectivity index (χ0v) is 11.2. The van der Waals surface area contributed by atoms with Crippen molar-refractivity contribution < 1.29 is 4.79 Å². The molecule has 1 rings (SSSR count). The molecule has 0 saturated heterocycles. The third-order valence-corrected chi connectivity index (χ3v) is 2.47. The molecule has 0 aliphatic carbocycles. The number of carbonyl (C=O) groups excluding carboxylic acids is 1. The van der Waals surface area contributed by atoms with Crippen LogP contribution < -0.4 is 16.0 Å². The first-order chi connectivity index (χ1) is 8.58. The van der Waals surface area contributed by atoms with Gasteiger partial charge in [0.1, 0.15) is 0 Å². The second-order valence-electron chi connectivity index (χ2n) is 4.32. The van der Waals surface area contributed by atoms with E-state index in [4.69, 9.17) is 5.73 Å². The maximum Gasteiger partial charge on any atom is 0.239 e. The van der Waals surface area contributed by atoms with E-state index in [1.807, 2.05) is 31.7 Å². The highest BCUT2D eigenvalue weighted by Gasteiger charge is 2.14. The fourth-order valence-corrected chi connectivity index (χ4v) is 1.65. The monoisotopic (exact) mass is 251 g/mol. The van der Waals surface area contributed by atoms with Crippen LogP contribution >= 0.6 is 0 Å². The summed E-state index contributed by atoms with van der Waals surface area (Å²) in [6.07, 6.45) is 1.60. The molecule has 1 aromatic rings. The highest BCUT2D eigenvalue weighted by atomic mass is 16.2. The van der Waals surface area contributed by atoms with Crippen LogP contribution in [0.25, 0.3) is 0 Å². The number of hydrogen-bond donors (Lipinski definition) is 2. The minimum absolute atomic E-state index is 0.0273. The van der Waals surface area contributed by atoms with Crippen molar-refractivity contribution in [2.24, 2.45) is 5.73 Å². The van der Waals surface area contributed by atoms with Gasteiger partial charge in [0, 0.05) is 24.7 Å². The number of nitrogens with one attached hydrogen (secondary N) is 1. The summed E-state index contributed by atoms with van der Waals surface area (Å²) in [6, 6.07) is 1.96. The second-order valence-corrected chi connectivity index (χ2v) is 4.32. The number of hydrogen-bond acceptors (Lipinski definition) is 5. The molecule has 1 amide bonds. The fraction of sp³-hybridized carbons (Fsp3) is 0.583. The molecule has 0 aromatic carbocycles. The smallest absolute Gasteiger partial charge is 0.239 e. The minimum atomic E-state index is -0.0273. The van der Waals surface area contributed by atoms with E-state index in [-0.39, 0.29) is 18.5 Å². The molecule has 6 heteroatoms. The Balaban J connectivity index is 2.79. The van der Waals surface area contributed by atoms with Crippen molar-refractivity contribution in [2.45, 2.75) is 33.4 Å². The predicted octanol–water partition coefficient (Wildman–Crippen LogP) is 0.286. The third kappa shape index (κ3) is 3.96. The molecule has 18 heavy (non-hydrogen) atoms. The maximum atomic E-state index is 11.8. The molecule has 1 aromatic heterocycles. The Labute approximate surface area is 108 Å². The number of anilines is 1. The molecule has 0 aliphatic heterocycles. The minimum Gasteiger partial charge on any atom is -0.352 e. The molecule has 0 bridgehead atoms. The number of nitrogens with zero attached hydrogens (tertiary/aromatic N) is 3. The Morgan fingerprint density at radius 1 is 1.56 bits per heavy atom. The zero-order chi connectivity index (χ0) is 13.5. The first-order valence-electron chi connectivity index (χ1n) is 6.13. The van der Waals surface area contributed by atoms with Crippen molar-refractivity contribution >= 4 is 11.7 Å². The Morgan fingerprint density at radius 2 is 2.28 bits per heavy atom. The molecule has 0 spiro atoms. The molecule has 0 unspecified atom stereocenters. The van der Waals surface area contributed by atoms with Gasteiger partial charge in [-0.05, 0) is 26.8 Å². The summed E-state index contributed by atoms with van der Waals surface area (Å²) in [6.45, 7) is 7.16. The second kappa shape index (κ2) is 6.90. The van der Waals surface area contributed by atoms with Crippen molar-refractivity contribution in [1.29, 1.82) is 0 Å². The van der Waals surface area contributed by atoms with Gasteiger partial charge in [0.05, 0.1) is 12.7 Å². The van der Waals surface area contributed by atoms with Crippen molar-refractivity contribution in [1.82, 2.24) is 15.5 Å². The average Bonchev–Trinajstić information content (AvgIpc) is 2.35. The SMILES string of the molecule is CCN(CC(=O)NC(C)C)c1nnccc1CN. The number of aromatic nitrogens is 2. The molecule has 0 fully saturated rings. The topological polar surface area (TPSA) is 84.1 Å². The lowest BCUT2D eigenvalue weighted by atomic mass is 10.2. The molecular formula is C12H21N5O. The number of amides is 1. The van der Waals surface area contributed by atoms with Gasteiger partial charge < -0.3 is 16.0 Å². The lowest BCUT2D eigenvalue weighted by molar-refractivity contribution is -0.120. The predicted molar refractivity (Wildman–Crippen MR) is 71.1 cm³/mol. The number of likely N-dealkylation sites (N-methyl/N-ethyl adjacent to an activating group) is 1. The molecule has 100 valence electrons. The largest absolute Gasteiger partial charge is 0.352 e. The summed E-state index contributed by atoms with van der Waals surface area (Å²) < 4.78 is 0. The first kappa shape index (κ1) is 14.4. The lowest BCUT2D eigenvalue weighted by Crippen LogP contribution is -2.40. The summed E-state index contributed by atoms with van der Waals surface area (Å²) in [4.78, 5) is 13.6. The van der Waals surface area contributed by atoms with Crippen LogP contribution in [-0.2, 0) is 11.3 Å². The van der Waals surface area contributed by atoms with Crippen LogP contribution in [0, 0.1) is 0 Å². The van der Waals surface area contributed by atoms with Gasteiger partial charge in [0.15, 0.2) is 5.82 Å². The van der Waals surface area contributed by atoms with Crippen LogP contribution in [0.2, 0.25) is 0 Å². The first-order valence-corrected chi connectivity index (χ1v) is 6.13. The summed E-state index contributed by atoms with van der Waals surface area (Å²) >= 11 is 0. The molecule has 6 nitrogen and oxygen atoms in total. The Morgan fingerprint density at radius 3 is 2.83 bits per heavy atom. The van der Waals surface area contributed by atoms with Crippen molar-refractivity contribution in [3.05, 3.63) is 17.8 Å². The van der Waals surface area contributed by atoms with E-state index in [1.54, 1.807) is 6.20 Å². The van der Waals surface area contributed by atoms with Gasteiger partial charge in [-0.2, -0.15) is 5.10 Å². The quantitative estimate of drug-likeness (QED) is 0.759. The fourth-order valence-electron chi connectivity index (χ4n) is 1.65. The van der Waals surface area contributed by atoms with Crippen LogP contribution in [0.15, 0.2) is 12.3 Å². The Hall–Kier alpha value is -1.69. The zero-order valence-electron chi connectivity index (χ0n) is 11.2. The summed E-state index contributed by atoms with van der Waals surface area (Å²) in [7, 11) is 0. The van der Waals surface area contributed by atoms with Crippen LogP contribution in [0.4, 0.5) is 5.82 Å². The number of rotatable bonds is 6. The normalized spacial score (nSPS) is 10.5. The number of nitrogens with two attached hydrogens (primary N) is 1. The van der Waals surface area contributed by atoms with Gasteiger partial charge >= 0.3 is 0 Å². The molecular weight excluding hydrogens is 230 g/mol. The van der Waals surface area contributed by atoms with Crippen LogP contribution in [0.5, 0.6) is 0 Å². The van der Waals surface area contributed by atoms with Crippen LogP contribution in [-0.4, -0.2) is 35.2 Å². The van der Waals surface area contributed by atoms with E-state index >= 15 is 0 Å². The molecule has 3 N–H and O–H groups in total. The van der Waals surface area contributed by atoms with Gasteiger partial charge in [0.2, 0.25) is 5.91 Å². The highest BCUT2D eigenvalue weighted by molar-refractivity contribution is 5.81. The van der Waals surface area contributed by atoms with E-state index in [2.05, 4.69) is 15.5 Å². The van der Waals surface area contributed by atoms with Gasteiger partial charge in [0.25, 0.3) is 0 Å². The van der Waals surface area contributed by atoms with E-state index in [0.717, 1.165) is 5.56 Å². The van der Waals surface area contributed by atoms with Gasteiger partial charge in [-0.15, -0.1) is 5.10 Å².